The summed E-state index contributed by atoms with van der Waals surface area (Å²) in [6.45, 7) is 2.43. The first-order valence-corrected chi connectivity index (χ1v) is 7.14. The van der Waals surface area contributed by atoms with Crippen LogP contribution in [0.15, 0.2) is 24.3 Å². The van der Waals surface area contributed by atoms with Crippen LogP contribution in [-0.4, -0.2) is 48.7 Å². The number of likely N-dealkylation sites (tertiary alicyclic amines) is 1. The lowest BCUT2D eigenvalue weighted by Gasteiger charge is -2.32. The fraction of sp³-hybridized carbons (Fsp3) is 0.467. The predicted octanol–water partition coefficient (Wildman–Crippen LogP) is 1.85. The number of carbonyl (C=O) groups is 2. The van der Waals surface area contributed by atoms with E-state index in [9.17, 15) is 9.59 Å². The maximum Gasteiger partial charge on any atom is 0.335 e. The Hall–Kier alpha value is -2.08. The molecule has 21 heavy (non-hydrogen) atoms. The number of hydrogen-bond donors (Lipinski definition) is 3. The van der Waals surface area contributed by atoms with E-state index in [0.717, 1.165) is 32.5 Å². The van der Waals surface area contributed by atoms with Crippen molar-refractivity contribution >= 4 is 17.7 Å². The number of rotatable bonds is 4. The van der Waals surface area contributed by atoms with Crippen molar-refractivity contribution in [1.29, 1.82) is 0 Å². The number of nitrogens with one attached hydrogen (secondary N) is 2. The average Bonchev–Trinajstić information content (AvgIpc) is 2.48. The monoisotopic (exact) mass is 291 g/mol. The molecule has 2 rings (SSSR count). The molecule has 1 heterocycles. The number of benzene rings is 1. The molecule has 0 aromatic heterocycles. The van der Waals surface area contributed by atoms with Crippen LogP contribution in [-0.2, 0) is 0 Å². The number of anilines is 1. The normalized spacial score (nSPS) is 18.3. The highest BCUT2D eigenvalue weighted by atomic mass is 16.4. The van der Waals surface area contributed by atoms with Crippen molar-refractivity contribution in [2.75, 3.05) is 32.0 Å². The first-order chi connectivity index (χ1) is 10.1. The molecule has 2 amide bonds. The second kappa shape index (κ2) is 7.08. The van der Waals surface area contributed by atoms with Crippen molar-refractivity contribution in [3.05, 3.63) is 29.8 Å². The summed E-state index contributed by atoms with van der Waals surface area (Å²) >= 11 is 0. The van der Waals surface area contributed by atoms with Gasteiger partial charge in [-0.15, -0.1) is 0 Å². The van der Waals surface area contributed by atoms with E-state index in [0.29, 0.717) is 11.6 Å². The number of carboxylic acids is 1. The van der Waals surface area contributed by atoms with E-state index in [1.165, 1.54) is 12.1 Å². The molecule has 1 fully saturated rings. The van der Waals surface area contributed by atoms with Crippen LogP contribution < -0.4 is 10.6 Å². The minimum atomic E-state index is -0.973. The average molecular weight is 291 g/mol. The molecule has 114 valence electrons. The van der Waals surface area contributed by atoms with Crippen molar-refractivity contribution in [2.24, 2.45) is 5.92 Å². The van der Waals surface area contributed by atoms with Gasteiger partial charge in [-0.1, -0.05) is 0 Å². The molecule has 0 radical (unpaired) electrons. The number of amides is 2. The molecule has 1 aliphatic heterocycles. The summed E-state index contributed by atoms with van der Waals surface area (Å²) in [6.07, 6.45) is 2.15. The minimum absolute atomic E-state index is 0.126. The fourth-order valence-electron chi connectivity index (χ4n) is 2.60. The maximum absolute atomic E-state index is 12.2. The van der Waals surface area contributed by atoms with Crippen molar-refractivity contribution in [2.45, 2.75) is 12.8 Å². The molecule has 1 aliphatic rings. The smallest absolute Gasteiger partial charge is 0.335 e. The third-order valence-electron chi connectivity index (χ3n) is 3.68. The minimum Gasteiger partial charge on any atom is -0.478 e. The summed E-state index contributed by atoms with van der Waals surface area (Å²) in [7, 11) is 1.92. The molecular weight excluding hydrogens is 270 g/mol. The number of carboxylic acid groups (broad SMARTS) is 1. The van der Waals surface area contributed by atoms with Gasteiger partial charge in [-0.3, -0.25) is 0 Å². The second-order valence-corrected chi connectivity index (χ2v) is 5.32. The molecule has 3 N–H and O–H groups in total. The maximum atomic E-state index is 12.2. The van der Waals surface area contributed by atoms with Gasteiger partial charge in [-0.2, -0.15) is 0 Å². The number of carbonyl (C=O) groups excluding carboxylic acids is 1. The van der Waals surface area contributed by atoms with E-state index in [-0.39, 0.29) is 11.6 Å². The highest BCUT2D eigenvalue weighted by Gasteiger charge is 2.23. The van der Waals surface area contributed by atoms with Gasteiger partial charge in [-0.05, 0) is 56.6 Å². The van der Waals surface area contributed by atoms with Gasteiger partial charge in [0, 0.05) is 18.8 Å². The zero-order chi connectivity index (χ0) is 15.2. The predicted molar refractivity (Wildman–Crippen MR) is 80.6 cm³/mol. The van der Waals surface area contributed by atoms with Crippen molar-refractivity contribution < 1.29 is 14.7 Å². The van der Waals surface area contributed by atoms with Gasteiger partial charge >= 0.3 is 12.0 Å². The van der Waals surface area contributed by atoms with Crippen LogP contribution in [0.2, 0.25) is 0 Å². The van der Waals surface area contributed by atoms with Crippen LogP contribution in [0.1, 0.15) is 23.2 Å². The zero-order valence-electron chi connectivity index (χ0n) is 12.1. The highest BCUT2D eigenvalue weighted by molar-refractivity contribution is 5.91. The van der Waals surface area contributed by atoms with Gasteiger partial charge in [0.1, 0.15) is 0 Å². The Balaban J connectivity index is 1.92. The molecule has 0 bridgehead atoms. The van der Waals surface area contributed by atoms with E-state index in [1.807, 2.05) is 11.9 Å². The van der Waals surface area contributed by atoms with Gasteiger partial charge in [0.15, 0.2) is 0 Å². The van der Waals surface area contributed by atoms with Gasteiger partial charge in [-0.25, -0.2) is 9.59 Å². The van der Waals surface area contributed by atoms with Crippen LogP contribution >= 0.6 is 0 Å². The molecule has 0 spiro atoms. The third-order valence-corrected chi connectivity index (χ3v) is 3.68. The van der Waals surface area contributed by atoms with Crippen molar-refractivity contribution in [3.8, 4) is 0 Å². The fourth-order valence-corrected chi connectivity index (χ4v) is 2.60. The topological polar surface area (TPSA) is 81.7 Å². The van der Waals surface area contributed by atoms with E-state index in [2.05, 4.69) is 10.6 Å². The molecule has 0 aliphatic carbocycles. The van der Waals surface area contributed by atoms with Gasteiger partial charge in [0.2, 0.25) is 0 Å². The molecule has 6 heteroatoms. The zero-order valence-corrected chi connectivity index (χ0v) is 12.1. The highest BCUT2D eigenvalue weighted by Crippen LogP contribution is 2.17. The number of piperidine rings is 1. The Morgan fingerprint density at radius 3 is 2.67 bits per heavy atom. The number of aromatic carboxylic acids is 1. The van der Waals surface area contributed by atoms with Crippen LogP contribution in [0.25, 0.3) is 0 Å². The summed E-state index contributed by atoms with van der Waals surface area (Å²) in [4.78, 5) is 24.8. The Labute approximate surface area is 124 Å². The van der Waals surface area contributed by atoms with Crippen LogP contribution in [0.4, 0.5) is 10.5 Å². The third kappa shape index (κ3) is 4.19. The second-order valence-electron chi connectivity index (χ2n) is 5.32. The lowest BCUT2D eigenvalue weighted by molar-refractivity contribution is 0.0697. The quantitative estimate of drug-likeness (QED) is 0.790. The Kier molecular flexibility index (Phi) is 5.16. The number of nitrogens with zero attached hydrogens (tertiary/aromatic N) is 1. The largest absolute Gasteiger partial charge is 0.478 e. The summed E-state index contributed by atoms with van der Waals surface area (Å²) in [6, 6.07) is 6.06. The summed E-state index contributed by atoms with van der Waals surface area (Å²) in [5.41, 5.74) is 0.820. The molecule has 0 saturated carbocycles. The van der Waals surface area contributed by atoms with Crippen LogP contribution in [0, 0.1) is 5.92 Å². The SMILES string of the molecule is CNCC1CCCN(C(=O)Nc2ccc(C(=O)O)cc2)C1. The van der Waals surface area contributed by atoms with Crippen molar-refractivity contribution in [1.82, 2.24) is 10.2 Å². The summed E-state index contributed by atoms with van der Waals surface area (Å²) in [5, 5.41) is 14.8. The van der Waals surface area contributed by atoms with E-state index in [1.54, 1.807) is 12.1 Å². The van der Waals surface area contributed by atoms with Gasteiger partial charge in [0.05, 0.1) is 5.56 Å². The Morgan fingerprint density at radius 1 is 1.33 bits per heavy atom. The Morgan fingerprint density at radius 2 is 2.05 bits per heavy atom. The molecule has 6 nitrogen and oxygen atoms in total. The molecule has 1 unspecified atom stereocenters. The van der Waals surface area contributed by atoms with Gasteiger partial charge in [0.25, 0.3) is 0 Å². The van der Waals surface area contributed by atoms with E-state index in [4.69, 9.17) is 5.11 Å². The van der Waals surface area contributed by atoms with Crippen molar-refractivity contribution in [3.63, 3.8) is 0 Å². The molecule has 1 aromatic carbocycles. The molecule has 1 aromatic rings. The van der Waals surface area contributed by atoms with Crippen LogP contribution in [0.3, 0.4) is 0 Å². The van der Waals surface area contributed by atoms with E-state index < -0.39 is 5.97 Å². The Bertz CT molecular complexity index is 499. The first kappa shape index (κ1) is 15.3. The van der Waals surface area contributed by atoms with Crippen LogP contribution in [0.5, 0.6) is 0 Å². The number of urea groups is 1. The van der Waals surface area contributed by atoms with Gasteiger partial charge < -0.3 is 20.6 Å². The van der Waals surface area contributed by atoms with E-state index >= 15 is 0 Å². The lowest BCUT2D eigenvalue weighted by Crippen LogP contribution is -2.44. The summed E-state index contributed by atoms with van der Waals surface area (Å²) < 4.78 is 0. The lowest BCUT2D eigenvalue weighted by atomic mass is 9.98. The first-order valence-electron chi connectivity index (χ1n) is 7.14. The molecule has 1 saturated heterocycles. The standard InChI is InChI=1S/C15H21N3O3/c1-16-9-11-3-2-8-18(10-11)15(21)17-13-6-4-12(5-7-13)14(19)20/h4-7,11,16H,2-3,8-10H2,1H3,(H,17,21)(H,19,20). The summed E-state index contributed by atoms with van der Waals surface area (Å²) in [5.74, 6) is -0.484. The molecule has 1 atom stereocenters. The number of hydrogen-bond acceptors (Lipinski definition) is 3. The molecular formula is C15H21N3O3.